The van der Waals surface area contributed by atoms with Crippen LogP contribution < -0.4 is 24.0 Å². The zero-order valence-electron chi connectivity index (χ0n) is 6.83. The van der Waals surface area contributed by atoms with E-state index in [2.05, 4.69) is 9.88 Å². The summed E-state index contributed by atoms with van der Waals surface area (Å²) < 4.78 is 24.2. The van der Waals surface area contributed by atoms with Gasteiger partial charge < -0.3 is 6.16 Å². The van der Waals surface area contributed by atoms with Gasteiger partial charge in [-0.3, -0.25) is 4.79 Å². The molecule has 0 bridgehead atoms. The van der Waals surface area contributed by atoms with Gasteiger partial charge in [-0.2, -0.15) is 0 Å². The van der Waals surface area contributed by atoms with Crippen molar-refractivity contribution in [3.63, 3.8) is 0 Å². The number of methoxy groups -OCH3 is 1. The van der Waals surface area contributed by atoms with Gasteiger partial charge in [0, 0.05) is 0 Å². The van der Waals surface area contributed by atoms with Crippen molar-refractivity contribution in [1.82, 2.24) is 0 Å². The molecule has 0 radical (unpaired) electrons. The molecule has 0 aromatic carbocycles. The van der Waals surface area contributed by atoms with Gasteiger partial charge in [0.1, 0.15) is 0 Å². The summed E-state index contributed by atoms with van der Waals surface area (Å²) in [7, 11) is -2.62. The summed E-state index contributed by atoms with van der Waals surface area (Å²) in [6.07, 6.45) is 0. The Balaban J connectivity index is -0.000000320. The molecule has 0 rings (SSSR count). The molecule has 2 N–H and O–H groups in total. The second-order valence-corrected chi connectivity index (χ2v) is 3.00. The minimum atomic E-state index is -3.71. The van der Waals surface area contributed by atoms with Gasteiger partial charge in [-0.05, 0) is 0 Å². The van der Waals surface area contributed by atoms with Crippen LogP contribution in [0.1, 0.15) is 1.43 Å². The topological polar surface area (TPSA) is 86.5 Å². The Morgan fingerprint density at radius 2 is 2.10 bits per heavy atom. The average Bonchev–Trinajstić information content (AvgIpc) is 1.62. The number of sulfonamides is 1. The number of esters is 1. The molecule has 0 fully saturated rings. The van der Waals surface area contributed by atoms with Gasteiger partial charge >= 0.3 is 24.8 Å². The van der Waals surface area contributed by atoms with Crippen LogP contribution in [0, 0.1) is 0 Å². The molecule has 0 spiro atoms. The second kappa shape index (κ2) is 4.74. The summed E-state index contributed by atoms with van der Waals surface area (Å²) in [6, 6.07) is 0. The molecule has 7 heteroatoms. The Kier molecular flexibility index (Phi) is 5.99. The maximum atomic E-state index is 10.1. The Morgan fingerprint density at radius 1 is 1.70 bits per heavy atom. The van der Waals surface area contributed by atoms with Crippen molar-refractivity contribution in [3.05, 3.63) is 0 Å². The minimum Gasteiger partial charge on any atom is -1.00 e. The van der Waals surface area contributed by atoms with Gasteiger partial charge in [0.2, 0.25) is 10.0 Å². The molecular weight excluding hydrogens is 153 g/mol. The molecule has 0 amide bonds. The number of carbonyl (C=O) groups excluding carboxylic acids is 1. The van der Waals surface area contributed by atoms with E-state index in [9.17, 15) is 13.2 Å². The first-order valence-electron chi connectivity index (χ1n) is 2.03. The smallest absolute Gasteiger partial charge is 1.00 e. The third kappa shape index (κ3) is 7.98. The zero-order chi connectivity index (χ0) is 7.49. The summed E-state index contributed by atoms with van der Waals surface area (Å²) >= 11 is 0. The molecule has 0 aromatic rings. The van der Waals surface area contributed by atoms with E-state index in [1.54, 1.807) is 0 Å². The first-order chi connectivity index (χ1) is 3.95. The van der Waals surface area contributed by atoms with Gasteiger partial charge in [-0.25, -0.2) is 13.6 Å². The standard InChI is InChI=1S/C3H7NO4S.Li.H/c1-8-3(5)2-9(4,6)7;;/h2H2,1H3,(H2,4,6,7);;/q;+1;-1. The van der Waals surface area contributed by atoms with Crippen LogP contribution in [-0.2, 0) is 19.6 Å². The molecule has 0 unspecified atom stereocenters. The third-order valence-corrected chi connectivity index (χ3v) is 1.18. The largest absolute Gasteiger partial charge is 1.00 e. The molecule has 0 heterocycles. The fraction of sp³-hybridized carbons (Fsp3) is 0.667. The molecule has 0 aromatic heterocycles. The molecule has 5 nitrogen and oxygen atoms in total. The van der Waals surface area contributed by atoms with Crippen molar-refractivity contribution in [3.8, 4) is 0 Å². The molecule has 0 aliphatic rings. The quantitative estimate of drug-likeness (QED) is 0.327. The summed E-state index contributed by atoms with van der Waals surface area (Å²) in [4.78, 5) is 10.1. The van der Waals surface area contributed by atoms with Crippen molar-refractivity contribution in [1.29, 1.82) is 0 Å². The zero-order valence-corrected chi connectivity index (χ0v) is 6.64. The van der Waals surface area contributed by atoms with E-state index in [1.807, 2.05) is 0 Å². The van der Waals surface area contributed by atoms with Gasteiger partial charge in [0.15, 0.2) is 5.75 Å². The SMILES string of the molecule is COC(=O)CS(N)(=O)=O.[H-].[Li+]. The summed E-state index contributed by atoms with van der Waals surface area (Å²) in [5.74, 6) is -1.61. The van der Waals surface area contributed by atoms with Crippen LogP contribution in [0.5, 0.6) is 0 Å². The number of carbonyl (C=O) groups is 1. The predicted molar refractivity (Wildman–Crippen MR) is 31.1 cm³/mol. The first-order valence-corrected chi connectivity index (χ1v) is 3.74. The van der Waals surface area contributed by atoms with Crippen LogP contribution in [0.2, 0.25) is 0 Å². The molecule has 10 heavy (non-hydrogen) atoms. The maximum Gasteiger partial charge on any atom is 1.00 e. The fourth-order valence-electron chi connectivity index (χ4n) is 0.223. The number of primary sulfonamides is 1. The Hall–Kier alpha value is -0.0226. The van der Waals surface area contributed by atoms with Crippen molar-refractivity contribution in [2.45, 2.75) is 0 Å². The van der Waals surface area contributed by atoms with Crippen LogP contribution in [0.25, 0.3) is 0 Å². The normalized spacial score (nSPS) is 9.80. The van der Waals surface area contributed by atoms with E-state index in [0.29, 0.717) is 0 Å². The molecule has 56 valence electrons. The van der Waals surface area contributed by atoms with Gasteiger partial charge in [-0.15, -0.1) is 0 Å². The number of ether oxygens (including phenoxy) is 1. The van der Waals surface area contributed by atoms with Crippen LogP contribution in [0.4, 0.5) is 0 Å². The van der Waals surface area contributed by atoms with Crippen molar-refractivity contribution >= 4 is 16.0 Å². The van der Waals surface area contributed by atoms with E-state index < -0.39 is 21.7 Å². The number of hydrogen-bond donors (Lipinski definition) is 1. The summed E-state index contributed by atoms with van der Waals surface area (Å²) in [6.45, 7) is 0. The van der Waals surface area contributed by atoms with Crippen molar-refractivity contribution < 1.29 is 38.2 Å². The summed E-state index contributed by atoms with van der Waals surface area (Å²) in [5, 5.41) is 4.48. The minimum absolute atomic E-state index is 0. The Morgan fingerprint density at radius 3 is 2.20 bits per heavy atom. The van der Waals surface area contributed by atoms with Gasteiger partial charge in [0.05, 0.1) is 7.11 Å². The molecule has 0 aliphatic heterocycles. The van der Waals surface area contributed by atoms with Crippen LogP contribution in [0.3, 0.4) is 0 Å². The number of nitrogens with two attached hydrogens (primary N) is 1. The van der Waals surface area contributed by atoms with E-state index >= 15 is 0 Å². The fourth-order valence-corrected chi connectivity index (χ4v) is 0.670. The molecule has 0 aliphatic carbocycles. The van der Waals surface area contributed by atoms with E-state index in [0.717, 1.165) is 7.11 Å². The molecular formula is C3H8LiNO4S. The summed E-state index contributed by atoms with van der Waals surface area (Å²) in [5.41, 5.74) is 0. The molecule has 0 atom stereocenters. The monoisotopic (exact) mass is 161 g/mol. The predicted octanol–water partition coefficient (Wildman–Crippen LogP) is -4.44. The van der Waals surface area contributed by atoms with Crippen LogP contribution in [0.15, 0.2) is 0 Å². The first kappa shape index (κ1) is 12.6. The van der Waals surface area contributed by atoms with Crippen molar-refractivity contribution in [2.75, 3.05) is 12.9 Å². The van der Waals surface area contributed by atoms with E-state index in [-0.39, 0.29) is 20.3 Å². The maximum absolute atomic E-state index is 10.1. The van der Waals surface area contributed by atoms with E-state index in [1.165, 1.54) is 0 Å². The van der Waals surface area contributed by atoms with Gasteiger partial charge in [-0.1, -0.05) is 0 Å². The van der Waals surface area contributed by atoms with Crippen LogP contribution >= 0.6 is 0 Å². The Labute approximate surface area is 72.6 Å². The van der Waals surface area contributed by atoms with Gasteiger partial charge in [0.25, 0.3) is 0 Å². The second-order valence-electron chi connectivity index (χ2n) is 1.38. The van der Waals surface area contributed by atoms with Crippen LogP contribution in [-0.4, -0.2) is 27.2 Å². The molecule has 0 saturated carbocycles. The Bertz CT molecular complexity index is 203. The van der Waals surface area contributed by atoms with E-state index in [4.69, 9.17) is 0 Å². The molecule has 0 saturated heterocycles. The number of hydrogen-bond acceptors (Lipinski definition) is 4. The number of rotatable bonds is 2. The van der Waals surface area contributed by atoms with Crippen molar-refractivity contribution in [2.24, 2.45) is 5.14 Å². The third-order valence-electron chi connectivity index (χ3n) is 0.547. The average molecular weight is 161 g/mol.